The first-order chi connectivity index (χ1) is 14.5. The third kappa shape index (κ3) is 3.88. The van der Waals surface area contributed by atoms with Crippen LogP contribution in [0.1, 0.15) is 26.7 Å². The fourth-order valence-electron chi connectivity index (χ4n) is 3.88. The van der Waals surface area contributed by atoms with E-state index in [1.165, 1.54) is 10.6 Å². The lowest BCUT2D eigenvalue weighted by Crippen LogP contribution is -2.25. The summed E-state index contributed by atoms with van der Waals surface area (Å²) in [6, 6.07) is 12.2. The van der Waals surface area contributed by atoms with Crippen molar-refractivity contribution in [2.75, 3.05) is 24.2 Å². The second-order valence-electron chi connectivity index (χ2n) is 7.70. The van der Waals surface area contributed by atoms with Crippen molar-refractivity contribution in [2.45, 2.75) is 26.8 Å². The fraction of sp³-hybridized carbons (Fsp3) is 0.250. The number of thiazole rings is 1. The molecule has 1 aliphatic rings. The fourth-order valence-corrected chi connectivity index (χ4v) is 4.99. The van der Waals surface area contributed by atoms with Gasteiger partial charge in [0.25, 0.3) is 0 Å². The van der Waals surface area contributed by atoms with Gasteiger partial charge in [0, 0.05) is 35.8 Å². The number of nitrogens with zero attached hydrogens (tertiary/aromatic N) is 2. The highest BCUT2D eigenvalue weighted by Crippen LogP contribution is 2.35. The smallest absolute Gasteiger partial charge is 0.211 e. The molecular weight excluding hydrogens is 392 g/mol. The van der Waals surface area contributed by atoms with E-state index in [2.05, 4.69) is 54.3 Å². The van der Waals surface area contributed by atoms with E-state index in [1.807, 2.05) is 25.1 Å². The molecule has 0 fully saturated rings. The van der Waals surface area contributed by atoms with Gasteiger partial charge in [-0.2, -0.15) is 0 Å². The number of rotatable bonds is 6. The van der Waals surface area contributed by atoms with Crippen LogP contribution in [-0.4, -0.2) is 29.9 Å². The maximum Gasteiger partial charge on any atom is 0.211 e. The number of nitrogens with one attached hydrogen (secondary N) is 2. The lowest BCUT2D eigenvalue weighted by Gasteiger charge is -2.20. The van der Waals surface area contributed by atoms with Crippen molar-refractivity contribution in [1.29, 1.82) is 0 Å². The van der Waals surface area contributed by atoms with Crippen molar-refractivity contribution >= 4 is 34.8 Å². The monoisotopic (exact) mass is 418 g/mol. The van der Waals surface area contributed by atoms with Crippen LogP contribution in [0.25, 0.3) is 16.8 Å². The minimum Gasteiger partial charge on any atom is -0.353 e. The van der Waals surface area contributed by atoms with Crippen LogP contribution in [-0.2, 0) is 17.8 Å². The van der Waals surface area contributed by atoms with Crippen molar-refractivity contribution in [2.24, 2.45) is 0 Å². The lowest BCUT2D eigenvalue weighted by atomic mass is 9.94. The second kappa shape index (κ2) is 8.42. The number of fused-ring (bicyclic) bond motifs is 1. The quantitative estimate of drug-likeness (QED) is 0.549. The summed E-state index contributed by atoms with van der Waals surface area (Å²) >= 11 is 1.73. The summed E-state index contributed by atoms with van der Waals surface area (Å²) in [7, 11) is 2.14. The van der Waals surface area contributed by atoms with Crippen LogP contribution in [0.2, 0.25) is 0 Å². The average Bonchev–Trinajstić information content (AvgIpc) is 3.15. The first-order valence-electron chi connectivity index (χ1n) is 10.0. The number of carbonyl (C=O) groups excluding carboxylic acids is 1. The van der Waals surface area contributed by atoms with Crippen LogP contribution in [0.4, 0.5) is 11.4 Å². The standard InChI is InChI=1S/C24H26N4OS/c1-15-18(7-5-9-20(15)25-14-29)19-8-6-10-21(16(19)2)26-17(3)24-27-22-11-12-28(4)13-23(22)30-24/h5-10,14,26H,3,11-13H2,1-2,4H3,(H,25,29). The van der Waals surface area contributed by atoms with Gasteiger partial charge in [0.15, 0.2) is 0 Å². The Hall–Kier alpha value is -2.96. The highest BCUT2D eigenvalue weighted by molar-refractivity contribution is 7.12. The highest BCUT2D eigenvalue weighted by Gasteiger charge is 2.20. The topological polar surface area (TPSA) is 57.3 Å². The molecule has 1 aromatic heterocycles. The van der Waals surface area contributed by atoms with Crippen molar-refractivity contribution in [1.82, 2.24) is 9.88 Å². The van der Waals surface area contributed by atoms with E-state index >= 15 is 0 Å². The first-order valence-corrected chi connectivity index (χ1v) is 10.8. The highest BCUT2D eigenvalue weighted by atomic mass is 32.1. The summed E-state index contributed by atoms with van der Waals surface area (Å²) in [4.78, 5) is 19.4. The molecule has 1 aliphatic heterocycles. The maximum absolute atomic E-state index is 10.9. The molecule has 30 heavy (non-hydrogen) atoms. The van der Waals surface area contributed by atoms with Gasteiger partial charge in [0.1, 0.15) is 5.01 Å². The largest absolute Gasteiger partial charge is 0.353 e. The summed E-state index contributed by atoms with van der Waals surface area (Å²) in [6.45, 7) is 10.4. The predicted molar refractivity (Wildman–Crippen MR) is 126 cm³/mol. The molecule has 3 aromatic rings. The number of benzene rings is 2. The zero-order chi connectivity index (χ0) is 21.3. The lowest BCUT2D eigenvalue weighted by molar-refractivity contribution is -0.105. The Balaban J connectivity index is 1.62. The molecule has 1 amide bonds. The van der Waals surface area contributed by atoms with E-state index < -0.39 is 0 Å². The molecule has 6 heteroatoms. The van der Waals surface area contributed by atoms with Crippen LogP contribution in [0.5, 0.6) is 0 Å². The van der Waals surface area contributed by atoms with Crippen LogP contribution < -0.4 is 10.6 Å². The van der Waals surface area contributed by atoms with E-state index in [-0.39, 0.29) is 0 Å². The Morgan fingerprint density at radius 2 is 1.80 bits per heavy atom. The number of anilines is 2. The van der Waals surface area contributed by atoms with E-state index in [9.17, 15) is 4.79 Å². The summed E-state index contributed by atoms with van der Waals surface area (Å²) in [5.74, 6) is 0. The molecule has 154 valence electrons. The van der Waals surface area contributed by atoms with E-state index in [0.29, 0.717) is 6.41 Å². The van der Waals surface area contributed by atoms with E-state index in [1.54, 1.807) is 11.3 Å². The molecule has 5 nitrogen and oxygen atoms in total. The number of aromatic nitrogens is 1. The van der Waals surface area contributed by atoms with Gasteiger partial charge in [0.2, 0.25) is 6.41 Å². The van der Waals surface area contributed by atoms with Crippen molar-refractivity contribution in [3.05, 3.63) is 69.7 Å². The van der Waals surface area contributed by atoms with Crippen molar-refractivity contribution in [3.8, 4) is 11.1 Å². The number of likely N-dealkylation sites (N-methyl/N-ethyl adjacent to an activating group) is 1. The Bertz CT molecular complexity index is 1120. The van der Waals surface area contributed by atoms with Crippen LogP contribution in [0.15, 0.2) is 43.0 Å². The molecule has 0 aliphatic carbocycles. The molecule has 0 spiro atoms. The van der Waals surface area contributed by atoms with Crippen LogP contribution >= 0.6 is 11.3 Å². The molecule has 2 heterocycles. The molecule has 0 atom stereocenters. The van der Waals surface area contributed by atoms with Gasteiger partial charge in [-0.1, -0.05) is 30.8 Å². The van der Waals surface area contributed by atoms with Gasteiger partial charge < -0.3 is 15.5 Å². The van der Waals surface area contributed by atoms with Gasteiger partial charge in [-0.25, -0.2) is 4.98 Å². The molecular formula is C24H26N4OS. The molecule has 0 saturated heterocycles. The van der Waals surface area contributed by atoms with Gasteiger partial charge in [-0.3, -0.25) is 4.79 Å². The van der Waals surface area contributed by atoms with E-state index in [0.717, 1.165) is 63.8 Å². The molecule has 0 radical (unpaired) electrons. The zero-order valence-electron chi connectivity index (χ0n) is 17.6. The number of hydrogen-bond donors (Lipinski definition) is 2. The Morgan fingerprint density at radius 1 is 1.13 bits per heavy atom. The number of amides is 1. The summed E-state index contributed by atoms with van der Waals surface area (Å²) in [6.07, 6.45) is 1.71. The Labute approximate surface area is 181 Å². The third-order valence-corrected chi connectivity index (χ3v) is 6.78. The van der Waals surface area contributed by atoms with E-state index in [4.69, 9.17) is 4.98 Å². The third-order valence-electron chi connectivity index (χ3n) is 5.64. The minimum absolute atomic E-state index is 0.715. The SMILES string of the molecule is C=C(Nc1cccc(-c2cccc(NC=O)c2C)c1C)c1nc2c(s1)CN(C)CC2. The minimum atomic E-state index is 0.715. The molecule has 0 bridgehead atoms. The summed E-state index contributed by atoms with van der Waals surface area (Å²) in [5, 5.41) is 7.22. The summed E-state index contributed by atoms with van der Waals surface area (Å²) < 4.78 is 0. The average molecular weight is 419 g/mol. The summed E-state index contributed by atoms with van der Waals surface area (Å²) in [5.41, 5.74) is 8.26. The second-order valence-corrected chi connectivity index (χ2v) is 8.78. The zero-order valence-corrected chi connectivity index (χ0v) is 18.4. The predicted octanol–water partition coefficient (Wildman–Crippen LogP) is 5.07. The Morgan fingerprint density at radius 3 is 2.50 bits per heavy atom. The molecule has 0 unspecified atom stereocenters. The van der Waals surface area contributed by atoms with Gasteiger partial charge in [-0.15, -0.1) is 11.3 Å². The van der Waals surface area contributed by atoms with Crippen LogP contribution in [0.3, 0.4) is 0 Å². The maximum atomic E-state index is 10.9. The molecule has 0 saturated carbocycles. The molecule has 2 aromatic carbocycles. The number of hydrogen-bond acceptors (Lipinski definition) is 5. The Kier molecular flexibility index (Phi) is 5.70. The number of carbonyl (C=O) groups is 1. The normalized spacial score (nSPS) is 13.6. The van der Waals surface area contributed by atoms with Crippen LogP contribution in [0, 0.1) is 13.8 Å². The molecule has 2 N–H and O–H groups in total. The van der Waals surface area contributed by atoms with Gasteiger partial charge in [0.05, 0.1) is 11.4 Å². The van der Waals surface area contributed by atoms with Crippen molar-refractivity contribution in [3.63, 3.8) is 0 Å². The van der Waals surface area contributed by atoms with Crippen molar-refractivity contribution < 1.29 is 4.79 Å². The van der Waals surface area contributed by atoms with Gasteiger partial charge >= 0.3 is 0 Å². The van der Waals surface area contributed by atoms with Gasteiger partial charge in [-0.05, 0) is 55.3 Å². The first kappa shape index (κ1) is 20.3. The molecule has 4 rings (SSSR count).